The third-order valence-electron chi connectivity index (χ3n) is 3.90. The van der Waals surface area contributed by atoms with Crippen LogP contribution in [0.25, 0.3) is 0 Å². The van der Waals surface area contributed by atoms with Gasteiger partial charge in [-0.3, -0.25) is 4.79 Å². The highest BCUT2D eigenvalue weighted by Gasteiger charge is 2.63. The molecule has 0 heterocycles. The summed E-state index contributed by atoms with van der Waals surface area (Å²) in [6.07, 6.45) is 0. The number of carbonyl (C=O) groups is 1. The van der Waals surface area contributed by atoms with Gasteiger partial charge in [-0.2, -0.15) is 0 Å². The zero-order chi connectivity index (χ0) is 15.9. The maximum atomic E-state index is 12.7. The number of rotatable bonds is 4. The summed E-state index contributed by atoms with van der Waals surface area (Å²) in [6.45, 7) is 0. The fourth-order valence-corrected chi connectivity index (χ4v) is 5.18. The quantitative estimate of drug-likeness (QED) is 0.931. The second kappa shape index (κ2) is 5.41. The van der Waals surface area contributed by atoms with Gasteiger partial charge < -0.3 is 5.11 Å². The Morgan fingerprint density at radius 3 is 2.32 bits per heavy atom. The number of aliphatic carboxylic acids is 1. The summed E-state index contributed by atoms with van der Waals surface area (Å²) in [7, 11) is -3.69. The molecule has 4 nitrogen and oxygen atoms in total. The first-order valence-electron chi connectivity index (χ1n) is 6.70. The molecule has 0 spiro atoms. The molecule has 0 unspecified atom stereocenters. The molecule has 0 saturated heterocycles. The van der Waals surface area contributed by atoms with E-state index < -0.39 is 32.9 Å². The average Bonchev–Trinajstić information content (AvgIpc) is 3.25. The first-order chi connectivity index (χ1) is 10.4. The van der Waals surface area contributed by atoms with Crippen LogP contribution in [0, 0.1) is 5.92 Å². The summed E-state index contributed by atoms with van der Waals surface area (Å²) in [5.41, 5.74) is 0.643. The molecule has 2 aromatic carbocycles. The molecule has 0 amide bonds. The Morgan fingerprint density at radius 1 is 1.05 bits per heavy atom. The molecule has 0 aliphatic heterocycles. The van der Waals surface area contributed by atoms with Crippen LogP contribution in [0.15, 0.2) is 59.5 Å². The zero-order valence-corrected chi connectivity index (χ0v) is 13.0. The monoisotopic (exact) mass is 336 g/mol. The molecule has 114 valence electrons. The summed E-state index contributed by atoms with van der Waals surface area (Å²) in [6, 6.07) is 14.7. The molecule has 2 aromatic rings. The molecule has 3 atom stereocenters. The van der Waals surface area contributed by atoms with Crippen molar-refractivity contribution in [2.24, 2.45) is 5.92 Å². The molecule has 1 N–H and O–H groups in total. The van der Waals surface area contributed by atoms with Gasteiger partial charge in [-0.15, -0.1) is 0 Å². The molecule has 22 heavy (non-hydrogen) atoms. The predicted molar refractivity (Wildman–Crippen MR) is 82.7 cm³/mol. The smallest absolute Gasteiger partial charge is 0.308 e. The van der Waals surface area contributed by atoms with Gasteiger partial charge in [-0.25, -0.2) is 8.42 Å². The summed E-state index contributed by atoms with van der Waals surface area (Å²) in [5.74, 6) is -2.61. The number of hydrogen-bond donors (Lipinski definition) is 1. The van der Waals surface area contributed by atoms with Crippen LogP contribution in [0.3, 0.4) is 0 Å². The largest absolute Gasteiger partial charge is 0.481 e. The first-order valence-corrected chi connectivity index (χ1v) is 8.62. The van der Waals surface area contributed by atoms with E-state index in [2.05, 4.69) is 0 Å². The summed E-state index contributed by atoms with van der Waals surface area (Å²) in [4.78, 5) is 11.6. The second-order valence-electron chi connectivity index (χ2n) is 5.27. The van der Waals surface area contributed by atoms with E-state index in [0.717, 1.165) is 0 Å². The maximum Gasteiger partial charge on any atom is 0.308 e. The van der Waals surface area contributed by atoms with Gasteiger partial charge in [0.15, 0.2) is 9.84 Å². The standard InChI is InChI=1S/C16H13ClO4S/c17-11-6-4-5-10(9-11)13-14(16(18)19)15(13)22(20,21)12-7-2-1-3-8-12/h1-9,13-15H,(H,18,19)/t13-,14-,15-/m1/s1. The highest BCUT2D eigenvalue weighted by Crippen LogP contribution is 2.54. The lowest BCUT2D eigenvalue weighted by molar-refractivity contribution is -0.138. The van der Waals surface area contributed by atoms with Crippen molar-refractivity contribution in [1.82, 2.24) is 0 Å². The van der Waals surface area contributed by atoms with Gasteiger partial charge in [-0.1, -0.05) is 41.9 Å². The topological polar surface area (TPSA) is 71.4 Å². The van der Waals surface area contributed by atoms with Crippen molar-refractivity contribution < 1.29 is 18.3 Å². The fourth-order valence-electron chi connectivity index (χ4n) is 2.84. The Balaban J connectivity index is 2.01. The van der Waals surface area contributed by atoms with Crippen molar-refractivity contribution in [3.8, 4) is 0 Å². The number of carboxylic acids is 1. The Kier molecular flexibility index (Phi) is 3.70. The minimum absolute atomic E-state index is 0.149. The highest BCUT2D eigenvalue weighted by molar-refractivity contribution is 7.92. The Labute approximate surface area is 133 Å². The number of hydrogen-bond acceptors (Lipinski definition) is 3. The third-order valence-corrected chi connectivity index (χ3v) is 6.37. The normalized spacial score (nSPS) is 24.0. The van der Waals surface area contributed by atoms with E-state index in [0.29, 0.717) is 10.6 Å². The van der Waals surface area contributed by atoms with E-state index >= 15 is 0 Å². The first kappa shape index (κ1) is 15.1. The number of benzene rings is 2. The van der Waals surface area contributed by atoms with E-state index in [4.69, 9.17) is 11.6 Å². The molecule has 0 radical (unpaired) electrons. The molecule has 1 saturated carbocycles. The fraction of sp³-hybridized carbons (Fsp3) is 0.188. The van der Waals surface area contributed by atoms with Crippen LogP contribution in [0.1, 0.15) is 11.5 Å². The number of sulfone groups is 1. The average molecular weight is 337 g/mol. The molecule has 6 heteroatoms. The molecular weight excluding hydrogens is 324 g/mol. The minimum atomic E-state index is -3.69. The van der Waals surface area contributed by atoms with Crippen LogP contribution in [-0.4, -0.2) is 24.7 Å². The van der Waals surface area contributed by atoms with Crippen LogP contribution in [0.5, 0.6) is 0 Å². The number of carboxylic acid groups (broad SMARTS) is 1. The van der Waals surface area contributed by atoms with Crippen molar-refractivity contribution in [2.75, 3.05) is 0 Å². The van der Waals surface area contributed by atoms with Crippen LogP contribution >= 0.6 is 11.6 Å². The number of halogens is 1. The van der Waals surface area contributed by atoms with Gasteiger partial charge in [-0.05, 0) is 29.8 Å². The van der Waals surface area contributed by atoms with Gasteiger partial charge in [0.2, 0.25) is 0 Å². The molecule has 0 bridgehead atoms. The highest BCUT2D eigenvalue weighted by atomic mass is 35.5. The zero-order valence-electron chi connectivity index (χ0n) is 11.4. The van der Waals surface area contributed by atoms with Gasteiger partial charge in [0, 0.05) is 10.9 Å². The van der Waals surface area contributed by atoms with E-state index in [9.17, 15) is 18.3 Å². The molecule has 0 aromatic heterocycles. The van der Waals surface area contributed by atoms with E-state index in [1.807, 2.05) is 0 Å². The van der Waals surface area contributed by atoms with Gasteiger partial charge in [0.05, 0.1) is 16.1 Å². The van der Waals surface area contributed by atoms with Crippen molar-refractivity contribution in [1.29, 1.82) is 0 Å². The van der Waals surface area contributed by atoms with Gasteiger partial charge in [0.25, 0.3) is 0 Å². The van der Waals surface area contributed by atoms with E-state index in [1.165, 1.54) is 12.1 Å². The Bertz CT molecular complexity index is 817. The van der Waals surface area contributed by atoms with Crippen LogP contribution in [-0.2, 0) is 14.6 Å². The predicted octanol–water partition coefficient (Wildman–Crippen LogP) is 2.98. The Hall–Kier alpha value is -1.85. The van der Waals surface area contributed by atoms with Crippen molar-refractivity contribution in [3.05, 3.63) is 65.2 Å². The third kappa shape index (κ3) is 2.51. The lowest BCUT2D eigenvalue weighted by Crippen LogP contribution is -2.13. The van der Waals surface area contributed by atoms with E-state index in [-0.39, 0.29) is 4.90 Å². The summed E-state index contributed by atoms with van der Waals surface area (Å²) in [5, 5.41) is 8.85. The lowest BCUT2D eigenvalue weighted by Gasteiger charge is -2.04. The van der Waals surface area contributed by atoms with Crippen molar-refractivity contribution >= 4 is 27.4 Å². The van der Waals surface area contributed by atoms with Crippen LogP contribution in [0.4, 0.5) is 0 Å². The van der Waals surface area contributed by atoms with Crippen LogP contribution in [0.2, 0.25) is 5.02 Å². The molecule has 1 fully saturated rings. The lowest BCUT2D eigenvalue weighted by atomic mass is 10.1. The van der Waals surface area contributed by atoms with Crippen molar-refractivity contribution in [3.63, 3.8) is 0 Å². The molecule has 1 aliphatic carbocycles. The van der Waals surface area contributed by atoms with Gasteiger partial charge in [0.1, 0.15) is 0 Å². The SMILES string of the molecule is O=C(O)[C@@H]1[C@@H](c2cccc(Cl)c2)[C@H]1S(=O)(=O)c1ccccc1. The summed E-state index contributed by atoms with van der Waals surface area (Å²) < 4.78 is 25.4. The Morgan fingerprint density at radius 2 is 1.73 bits per heavy atom. The summed E-state index contributed by atoms with van der Waals surface area (Å²) >= 11 is 5.93. The van der Waals surface area contributed by atoms with Crippen LogP contribution < -0.4 is 0 Å². The van der Waals surface area contributed by atoms with Gasteiger partial charge >= 0.3 is 5.97 Å². The molecule has 1 aliphatic rings. The second-order valence-corrected chi connectivity index (χ2v) is 7.81. The maximum absolute atomic E-state index is 12.7. The van der Waals surface area contributed by atoms with E-state index in [1.54, 1.807) is 42.5 Å². The van der Waals surface area contributed by atoms with Crippen molar-refractivity contribution in [2.45, 2.75) is 16.1 Å². The molecule has 3 rings (SSSR count). The minimum Gasteiger partial charge on any atom is -0.481 e. The molecular formula is C16H13ClO4S.